The molecule has 0 aliphatic heterocycles. The minimum atomic E-state index is -1.33. The summed E-state index contributed by atoms with van der Waals surface area (Å²) in [6.45, 7) is 18.7. The number of aliphatic hydroxyl groups excluding tert-OH is 1. The fourth-order valence-corrected chi connectivity index (χ4v) is 6.38. The van der Waals surface area contributed by atoms with Gasteiger partial charge in [0.15, 0.2) is 6.04 Å². The van der Waals surface area contributed by atoms with Crippen LogP contribution < -0.4 is 26.6 Å². The van der Waals surface area contributed by atoms with Crippen molar-refractivity contribution in [3.63, 3.8) is 0 Å². The highest BCUT2D eigenvalue weighted by Gasteiger charge is 2.32. The Labute approximate surface area is 345 Å². The second-order valence-electron chi connectivity index (χ2n) is 16.5. The molecule has 5 amide bonds. The lowest BCUT2D eigenvalue weighted by Gasteiger charge is -2.27. The van der Waals surface area contributed by atoms with Gasteiger partial charge in [0, 0.05) is 18.0 Å². The molecule has 6 N–H and O–H groups in total. The smallest absolute Gasteiger partial charge is 0.330 e. The molecule has 0 unspecified atom stereocenters. The van der Waals surface area contributed by atoms with E-state index in [4.69, 9.17) is 4.74 Å². The van der Waals surface area contributed by atoms with Gasteiger partial charge in [-0.2, -0.15) is 0 Å². The zero-order chi connectivity index (χ0) is 43.6. The van der Waals surface area contributed by atoms with Crippen LogP contribution in [0, 0.1) is 5.92 Å². The number of ether oxygens (including phenoxy) is 1. The Morgan fingerprint density at radius 3 is 1.81 bits per heavy atom. The van der Waals surface area contributed by atoms with Gasteiger partial charge in [0.1, 0.15) is 24.2 Å². The summed E-state index contributed by atoms with van der Waals surface area (Å²) < 4.78 is 4.69. The predicted molar refractivity (Wildman–Crippen MR) is 225 cm³/mol. The van der Waals surface area contributed by atoms with Crippen LogP contribution in [0.4, 0.5) is 0 Å². The normalized spacial score (nSPS) is 14.2. The summed E-state index contributed by atoms with van der Waals surface area (Å²) in [5, 5.41) is 23.2. The Bertz CT molecular complexity index is 1630. The number of unbranched alkanes of at least 4 members (excludes halogenated alkanes) is 1. The largest absolute Gasteiger partial charge is 0.467 e. The molecule has 0 fully saturated rings. The van der Waals surface area contributed by atoms with Crippen molar-refractivity contribution in [1.29, 1.82) is 0 Å². The first-order chi connectivity index (χ1) is 27.3. The molecule has 0 bridgehead atoms. The van der Waals surface area contributed by atoms with E-state index < -0.39 is 72.3 Å². The highest BCUT2D eigenvalue weighted by atomic mass is 16.5. The van der Waals surface area contributed by atoms with Crippen molar-refractivity contribution >= 4 is 35.5 Å². The van der Waals surface area contributed by atoms with E-state index in [0.717, 1.165) is 37.7 Å². The van der Waals surface area contributed by atoms with Gasteiger partial charge in [-0.15, -0.1) is 0 Å². The van der Waals surface area contributed by atoms with Crippen molar-refractivity contribution in [3.05, 3.63) is 71.3 Å². The van der Waals surface area contributed by atoms with Crippen molar-refractivity contribution in [3.8, 4) is 0 Å². The van der Waals surface area contributed by atoms with Crippen LogP contribution in [0.5, 0.6) is 0 Å². The molecule has 0 aliphatic rings. The van der Waals surface area contributed by atoms with Gasteiger partial charge in [-0.05, 0) is 94.1 Å². The van der Waals surface area contributed by atoms with Crippen molar-refractivity contribution in [2.75, 3.05) is 26.8 Å². The number of hydrogen-bond acceptors (Lipinski definition) is 9. The predicted octanol–water partition coefficient (Wildman–Crippen LogP) is 3.40. The Morgan fingerprint density at radius 2 is 1.28 bits per heavy atom. The molecule has 58 heavy (non-hydrogen) atoms. The molecule has 14 nitrogen and oxygen atoms in total. The first-order valence-electron chi connectivity index (χ1n) is 20.4. The summed E-state index contributed by atoms with van der Waals surface area (Å²) in [7, 11) is 1.14. The maximum Gasteiger partial charge on any atom is 0.330 e. The van der Waals surface area contributed by atoms with Crippen molar-refractivity contribution in [2.24, 2.45) is 5.92 Å². The van der Waals surface area contributed by atoms with E-state index in [-0.39, 0.29) is 30.6 Å². The van der Waals surface area contributed by atoms with Gasteiger partial charge in [-0.3, -0.25) is 24.0 Å². The Balaban J connectivity index is 2.24. The van der Waals surface area contributed by atoms with Crippen LogP contribution in [0.1, 0.15) is 109 Å². The van der Waals surface area contributed by atoms with Crippen LogP contribution in [0.25, 0.3) is 0 Å². The minimum absolute atomic E-state index is 0.0506. The molecule has 14 heteroatoms. The van der Waals surface area contributed by atoms with Crippen molar-refractivity contribution < 1.29 is 38.6 Å². The average Bonchev–Trinajstić information content (AvgIpc) is 3.18. The van der Waals surface area contributed by atoms with Crippen molar-refractivity contribution in [2.45, 2.75) is 136 Å². The fraction of sp³-hybridized carbons (Fsp3) is 0.591. The third-order valence-electron chi connectivity index (χ3n) is 9.95. The summed E-state index contributed by atoms with van der Waals surface area (Å²) in [5.74, 6) is -3.86. The number of nitrogens with one attached hydrogen (secondary N) is 5. The summed E-state index contributed by atoms with van der Waals surface area (Å²) in [4.78, 5) is 82.5. The third-order valence-corrected chi connectivity index (χ3v) is 9.95. The fourth-order valence-electron chi connectivity index (χ4n) is 6.38. The van der Waals surface area contributed by atoms with E-state index in [0.29, 0.717) is 18.0 Å². The Hall–Kier alpha value is -4.82. The van der Waals surface area contributed by atoms with Gasteiger partial charge in [-0.25, -0.2) is 4.79 Å². The molecule has 0 aromatic heterocycles. The van der Waals surface area contributed by atoms with E-state index in [1.165, 1.54) is 6.92 Å². The molecule has 0 heterocycles. The van der Waals surface area contributed by atoms with Crippen LogP contribution in [-0.4, -0.2) is 109 Å². The monoisotopic (exact) mass is 809 g/mol. The molecule has 0 aliphatic carbocycles. The second-order valence-corrected chi connectivity index (χ2v) is 16.5. The third kappa shape index (κ3) is 16.6. The topological polar surface area (TPSA) is 195 Å². The molecular weight excluding hydrogens is 741 g/mol. The standard InChI is InChI=1S/C44H68N6O8/c1-11-50(29(4)5)24-16-15-19-34(40(54)49-37(27-51)43(57)58-10)46-42(56)35(25-28(2)3)47-38(52)30(6)45-41(55)36(26-31-17-13-12-14-18-31)48-39(53)32-20-22-33(23-21-32)44(7,8)9/h12-14,17-18,20-23,28-30,34-37,51H,11,15-16,19,24-27H2,1-10H3,(H,45,55)(H,46,56)(H,47,52)(H,48,53)(H,49,54)/t30-,34-,35-,36-,37-/m0/s1. The summed E-state index contributed by atoms with van der Waals surface area (Å²) >= 11 is 0. The van der Waals surface area contributed by atoms with Crippen LogP contribution >= 0.6 is 0 Å². The minimum Gasteiger partial charge on any atom is -0.467 e. The van der Waals surface area contributed by atoms with E-state index >= 15 is 0 Å². The first kappa shape index (κ1) is 49.3. The van der Waals surface area contributed by atoms with Crippen LogP contribution in [0.3, 0.4) is 0 Å². The quantitative estimate of drug-likeness (QED) is 0.0721. The van der Waals surface area contributed by atoms with Crippen LogP contribution in [0.15, 0.2) is 54.6 Å². The molecule has 322 valence electrons. The molecule has 2 aromatic carbocycles. The molecule has 2 aromatic rings. The molecule has 0 saturated heterocycles. The van der Waals surface area contributed by atoms with E-state index in [2.05, 4.69) is 73.0 Å². The van der Waals surface area contributed by atoms with Crippen molar-refractivity contribution in [1.82, 2.24) is 31.5 Å². The molecule has 0 spiro atoms. The van der Waals surface area contributed by atoms with E-state index in [1.54, 1.807) is 12.1 Å². The number of carbonyl (C=O) groups is 6. The highest BCUT2D eigenvalue weighted by Crippen LogP contribution is 2.22. The number of carbonyl (C=O) groups excluding carboxylic acids is 6. The SMILES string of the molecule is CCN(CCCC[C@H](NC(=O)[C@H](CC(C)C)NC(=O)[C@H](C)NC(=O)[C@H](Cc1ccccc1)NC(=O)c1ccc(C(C)(C)C)cc1)C(=O)N[C@@H](CO)C(=O)OC)C(C)C. The number of rotatable bonds is 23. The number of aliphatic hydroxyl groups is 1. The van der Waals surface area contributed by atoms with E-state index in [1.807, 2.05) is 56.3 Å². The molecule has 0 saturated carbocycles. The van der Waals surface area contributed by atoms with Crippen LogP contribution in [0.2, 0.25) is 0 Å². The number of benzene rings is 2. The zero-order valence-corrected chi connectivity index (χ0v) is 36.1. The maximum absolute atomic E-state index is 13.8. The Kier molecular flexibility index (Phi) is 20.6. The lowest BCUT2D eigenvalue weighted by molar-refractivity contribution is -0.146. The average molecular weight is 809 g/mol. The van der Waals surface area contributed by atoms with E-state index in [9.17, 15) is 33.9 Å². The summed E-state index contributed by atoms with van der Waals surface area (Å²) in [6.07, 6.45) is 1.92. The number of hydrogen-bond donors (Lipinski definition) is 6. The maximum atomic E-state index is 13.8. The van der Waals surface area contributed by atoms with Gasteiger partial charge in [0.25, 0.3) is 5.91 Å². The lowest BCUT2D eigenvalue weighted by atomic mass is 9.86. The number of amides is 5. The highest BCUT2D eigenvalue weighted by molar-refractivity contribution is 5.99. The molecule has 5 atom stereocenters. The summed E-state index contributed by atoms with van der Waals surface area (Å²) in [5.41, 5.74) is 2.14. The van der Waals surface area contributed by atoms with Gasteiger partial charge in [0.2, 0.25) is 23.6 Å². The Morgan fingerprint density at radius 1 is 0.707 bits per heavy atom. The van der Waals surface area contributed by atoms with Gasteiger partial charge in [-0.1, -0.05) is 84.0 Å². The second kappa shape index (κ2) is 24.2. The molecule has 0 radical (unpaired) electrons. The molecule has 2 rings (SSSR count). The van der Waals surface area contributed by atoms with Gasteiger partial charge in [0.05, 0.1) is 13.7 Å². The zero-order valence-electron chi connectivity index (χ0n) is 36.1. The summed E-state index contributed by atoms with van der Waals surface area (Å²) in [6, 6.07) is 11.1. The van der Waals surface area contributed by atoms with Crippen LogP contribution in [-0.2, 0) is 40.5 Å². The van der Waals surface area contributed by atoms with Gasteiger partial charge >= 0.3 is 5.97 Å². The molecular formula is C44H68N6O8. The number of esters is 1. The first-order valence-corrected chi connectivity index (χ1v) is 20.4. The lowest BCUT2D eigenvalue weighted by Crippen LogP contribution is -2.59. The van der Waals surface area contributed by atoms with Gasteiger partial charge < -0.3 is 41.3 Å². The number of methoxy groups -OCH3 is 1. The number of nitrogens with zero attached hydrogens (tertiary/aromatic N) is 1.